The van der Waals surface area contributed by atoms with E-state index in [2.05, 4.69) is 0 Å². The molecule has 0 spiro atoms. The topological polar surface area (TPSA) is 71.1 Å². The van der Waals surface area contributed by atoms with Crippen molar-refractivity contribution in [1.82, 2.24) is 0 Å². The van der Waals surface area contributed by atoms with Crippen LogP contribution < -0.4 is 4.52 Å². The van der Waals surface area contributed by atoms with Gasteiger partial charge in [0.2, 0.25) is 0 Å². The van der Waals surface area contributed by atoms with Crippen molar-refractivity contribution in [3.63, 3.8) is 0 Å². The smallest absolute Gasteiger partial charge is 0.462 e. The monoisotopic (exact) mass is 436 g/mol. The first-order valence-electron chi connectivity index (χ1n) is 10.8. The van der Waals surface area contributed by atoms with Gasteiger partial charge < -0.3 is 9.26 Å². The normalized spacial score (nSPS) is 11.6. The maximum absolute atomic E-state index is 13.4. The van der Waals surface area contributed by atoms with Crippen LogP contribution in [0.3, 0.4) is 0 Å². The van der Waals surface area contributed by atoms with Crippen molar-refractivity contribution in [3.05, 3.63) is 42.0 Å². The third-order valence-electron chi connectivity index (χ3n) is 4.53. The molecular formula is C23H33O6P. The number of fused-ring (bicyclic) bond motifs is 1. The number of rotatable bonds is 14. The molecule has 7 heteroatoms. The van der Waals surface area contributed by atoms with Crippen LogP contribution in [-0.2, 0) is 18.3 Å². The minimum atomic E-state index is -3.91. The first-order chi connectivity index (χ1) is 14.5. The van der Waals surface area contributed by atoms with Crippen LogP contribution in [0.1, 0.15) is 69.7 Å². The Hall–Kier alpha value is -1.88. The third kappa shape index (κ3) is 7.12. The summed E-state index contributed by atoms with van der Waals surface area (Å²) in [5.41, 5.74) is 0.211. The van der Waals surface area contributed by atoms with Crippen molar-refractivity contribution >= 4 is 24.6 Å². The quantitative estimate of drug-likeness (QED) is 0.182. The molecule has 0 unspecified atom stereocenters. The van der Waals surface area contributed by atoms with E-state index in [1.165, 1.54) is 0 Å². The summed E-state index contributed by atoms with van der Waals surface area (Å²) in [6, 6.07) is 10.9. The number of carbonyl (C=O) groups is 1. The highest BCUT2D eigenvalue weighted by molar-refractivity contribution is 7.49. The molecule has 2 rings (SSSR count). The molecule has 30 heavy (non-hydrogen) atoms. The molecule has 0 N–H and O–H groups in total. The summed E-state index contributed by atoms with van der Waals surface area (Å²) in [4.78, 5) is 12.7. The fraction of sp³-hybridized carbons (Fsp3) is 0.522. The van der Waals surface area contributed by atoms with Gasteiger partial charge in [0.15, 0.2) is 5.75 Å². The second-order valence-corrected chi connectivity index (χ2v) is 8.66. The molecule has 0 radical (unpaired) electrons. The number of phosphoric acid groups is 1. The Balaban J connectivity index is 2.39. The molecule has 0 bridgehead atoms. The molecule has 0 atom stereocenters. The molecule has 166 valence electrons. The molecule has 0 amide bonds. The van der Waals surface area contributed by atoms with Gasteiger partial charge in [-0.05, 0) is 30.7 Å². The van der Waals surface area contributed by atoms with Crippen molar-refractivity contribution in [1.29, 1.82) is 0 Å². The molecule has 2 aromatic carbocycles. The van der Waals surface area contributed by atoms with Gasteiger partial charge in [0.25, 0.3) is 0 Å². The predicted octanol–water partition coefficient (Wildman–Crippen LogP) is 6.92. The van der Waals surface area contributed by atoms with E-state index in [0.717, 1.165) is 43.9 Å². The zero-order valence-corrected chi connectivity index (χ0v) is 19.1. The van der Waals surface area contributed by atoms with Crippen LogP contribution in [-0.4, -0.2) is 25.8 Å². The lowest BCUT2D eigenvalue weighted by molar-refractivity contribution is 0.0497. The van der Waals surface area contributed by atoms with Gasteiger partial charge in [0.05, 0.1) is 19.8 Å². The maximum atomic E-state index is 13.4. The molecule has 0 aliphatic heterocycles. The Morgan fingerprint density at radius 1 is 0.833 bits per heavy atom. The minimum Gasteiger partial charge on any atom is -0.462 e. The number of benzene rings is 2. The molecule has 0 aliphatic rings. The maximum Gasteiger partial charge on any atom is 0.530 e. The van der Waals surface area contributed by atoms with Crippen LogP contribution in [0.2, 0.25) is 0 Å². The third-order valence-corrected chi connectivity index (χ3v) is 5.93. The number of esters is 1. The zero-order chi connectivity index (χ0) is 21.8. The molecule has 2 aromatic rings. The summed E-state index contributed by atoms with van der Waals surface area (Å²) >= 11 is 0. The SMILES string of the molecule is CCCCOC(=O)c1ccc2ccccc2c1OP(=O)(OCCCC)OCCCC. The van der Waals surface area contributed by atoms with Crippen LogP contribution in [0.5, 0.6) is 5.75 Å². The lowest BCUT2D eigenvalue weighted by Crippen LogP contribution is -2.11. The van der Waals surface area contributed by atoms with Crippen molar-refractivity contribution < 1.29 is 27.7 Å². The highest BCUT2D eigenvalue weighted by atomic mass is 31.2. The van der Waals surface area contributed by atoms with Gasteiger partial charge in [-0.15, -0.1) is 0 Å². The molecular weight excluding hydrogens is 403 g/mol. The number of hydrogen-bond donors (Lipinski definition) is 0. The Kier molecular flexibility index (Phi) is 10.4. The molecule has 0 aliphatic carbocycles. The number of carbonyl (C=O) groups excluding carboxylic acids is 1. The van der Waals surface area contributed by atoms with Gasteiger partial charge in [-0.2, -0.15) is 0 Å². The summed E-state index contributed by atoms with van der Waals surface area (Å²) in [7, 11) is -3.91. The highest BCUT2D eigenvalue weighted by Gasteiger charge is 2.31. The standard InChI is InChI=1S/C23H33O6P/c1-4-7-16-26-23(24)21-15-14-19-12-10-11-13-20(19)22(21)29-30(25,27-17-8-5-2)28-18-9-6-3/h10-15H,4-9,16-18H2,1-3H3. The van der Waals surface area contributed by atoms with Crippen molar-refractivity contribution in [3.8, 4) is 5.75 Å². The Morgan fingerprint density at radius 3 is 2.07 bits per heavy atom. The van der Waals surface area contributed by atoms with E-state index in [1.807, 2.05) is 51.1 Å². The second-order valence-electron chi connectivity index (χ2n) is 7.06. The van der Waals surface area contributed by atoms with E-state index in [4.69, 9.17) is 18.3 Å². The number of hydrogen-bond acceptors (Lipinski definition) is 6. The lowest BCUT2D eigenvalue weighted by atomic mass is 10.1. The minimum absolute atomic E-state index is 0.172. The van der Waals surface area contributed by atoms with E-state index < -0.39 is 13.8 Å². The van der Waals surface area contributed by atoms with Crippen LogP contribution >= 0.6 is 7.82 Å². The summed E-state index contributed by atoms with van der Waals surface area (Å²) in [5.74, 6) is -0.344. The highest BCUT2D eigenvalue weighted by Crippen LogP contribution is 2.52. The van der Waals surface area contributed by atoms with Crippen molar-refractivity contribution in [2.24, 2.45) is 0 Å². The molecule has 0 saturated heterocycles. The Labute approximate surface area is 179 Å². The van der Waals surface area contributed by atoms with Crippen molar-refractivity contribution in [2.45, 2.75) is 59.3 Å². The Morgan fingerprint density at radius 2 is 1.43 bits per heavy atom. The molecule has 0 fully saturated rings. The average molecular weight is 436 g/mol. The van der Waals surface area contributed by atoms with E-state index in [0.29, 0.717) is 12.0 Å². The molecule has 0 saturated carbocycles. The van der Waals surface area contributed by atoms with Gasteiger partial charge in [-0.3, -0.25) is 9.05 Å². The number of phosphoric ester groups is 1. The fourth-order valence-electron chi connectivity index (χ4n) is 2.73. The average Bonchev–Trinajstić information content (AvgIpc) is 2.74. The summed E-state index contributed by atoms with van der Waals surface area (Å²) in [5, 5.41) is 1.51. The van der Waals surface area contributed by atoms with E-state index in [1.54, 1.807) is 6.07 Å². The number of ether oxygens (including phenoxy) is 1. The molecule has 0 aromatic heterocycles. The van der Waals surface area contributed by atoms with Crippen LogP contribution in [0.25, 0.3) is 10.8 Å². The van der Waals surface area contributed by atoms with E-state index in [-0.39, 0.29) is 24.5 Å². The van der Waals surface area contributed by atoms with E-state index in [9.17, 15) is 9.36 Å². The molecule has 0 heterocycles. The largest absolute Gasteiger partial charge is 0.530 e. The van der Waals surface area contributed by atoms with E-state index >= 15 is 0 Å². The van der Waals surface area contributed by atoms with Gasteiger partial charge in [-0.25, -0.2) is 9.36 Å². The van der Waals surface area contributed by atoms with Gasteiger partial charge >= 0.3 is 13.8 Å². The van der Waals surface area contributed by atoms with Crippen molar-refractivity contribution in [2.75, 3.05) is 19.8 Å². The van der Waals surface area contributed by atoms with Gasteiger partial charge in [-0.1, -0.05) is 70.4 Å². The summed E-state index contributed by atoms with van der Waals surface area (Å²) in [6.07, 6.45) is 4.92. The predicted molar refractivity (Wildman–Crippen MR) is 119 cm³/mol. The number of unbranched alkanes of at least 4 members (excludes halogenated alkanes) is 3. The first-order valence-corrected chi connectivity index (χ1v) is 12.3. The second kappa shape index (κ2) is 12.7. The summed E-state index contributed by atoms with van der Waals surface area (Å²) in [6.45, 7) is 6.88. The zero-order valence-electron chi connectivity index (χ0n) is 18.2. The van der Waals surface area contributed by atoms with Gasteiger partial charge in [0.1, 0.15) is 5.56 Å². The van der Waals surface area contributed by atoms with Crippen LogP contribution in [0.4, 0.5) is 0 Å². The molecule has 6 nitrogen and oxygen atoms in total. The Bertz CT molecular complexity index is 837. The first kappa shape index (κ1) is 24.4. The van der Waals surface area contributed by atoms with Gasteiger partial charge in [0, 0.05) is 5.39 Å². The van der Waals surface area contributed by atoms with Crippen LogP contribution in [0.15, 0.2) is 36.4 Å². The lowest BCUT2D eigenvalue weighted by Gasteiger charge is -2.21. The fourth-order valence-corrected chi connectivity index (χ4v) is 4.04. The summed E-state index contributed by atoms with van der Waals surface area (Å²) < 4.78 is 35.8. The van der Waals surface area contributed by atoms with Crippen LogP contribution in [0, 0.1) is 0 Å².